The highest BCUT2D eigenvalue weighted by atomic mass is 19.1. The van der Waals surface area contributed by atoms with E-state index in [2.05, 4.69) is 27.7 Å². The summed E-state index contributed by atoms with van der Waals surface area (Å²) in [4.78, 5) is 0. The van der Waals surface area contributed by atoms with Crippen LogP contribution in [0.3, 0.4) is 0 Å². The van der Waals surface area contributed by atoms with Crippen LogP contribution >= 0.6 is 0 Å². The Labute approximate surface area is 182 Å². The third-order valence-electron chi connectivity index (χ3n) is 11.0. The van der Waals surface area contributed by atoms with Gasteiger partial charge in [0.1, 0.15) is 0 Å². The van der Waals surface area contributed by atoms with Crippen molar-refractivity contribution in [1.29, 1.82) is 0 Å². The van der Waals surface area contributed by atoms with Gasteiger partial charge in [0.25, 0.3) is 0 Å². The van der Waals surface area contributed by atoms with Gasteiger partial charge in [-0.3, -0.25) is 0 Å². The maximum Gasteiger partial charge on any atom is 0.0976 e. The second-order valence-corrected chi connectivity index (χ2v) is 12.2. The SMILES string of the molecule is CC[C@H]1[C@@H](O)C2C3CC[C@H]([C@H](C)C[C@@H](C)F)[C@@]3(C)[C@@H](O)CC2[C@@]2(C)CC[C@@H](O)C[C@@H]12. The van der Waals surface area contributed by atoms with Gasteiger partial charge in [-0.1, -0.05) is 34.1 Å². The van der Waals surface area contributed by atoms with Crippen LogP contribution in [0.15, 0.2) is 0 Å². The lowest BCUT2D eigenvalue weighted by atomic mass is 9.41. The number of hydrogen-bond acceptors (Lipinski definition) is 3. The molecule has 0 amide bonds. The van der Waals surface area contributed by atoms with Crippen molar-refractivity contribution in [1.82, 2.24) is 0 Å². The Morgan fingerprint density at radius 3 is 2.30 bits per heavy atom. The average Bonchev–Trinajstić information content (AvgIpc) is 3.02. The summed E-state index contributed by atoms with van der Waals surface area (Å²) in [7, 11) is 0. The van der Waals surface area contributed by atoms with E-state index < -0.39 is 6.17 Å². The number of halogens is 1. The molecular weight excluding hydrogens is 379 g/mol. The lowest BCUT2D eigenvalue weighted by Crippen LogP contribution is -2.65. The van der Waals surface area contributed by atoms with E-state index in [4.69, 9.17) is 0 Å². The topological polar surface area (TPSA) is 60.7 Å². The summed E-state index contributed by atoms with van der Waals surface area (Å²) >= 11 is 0. The van der Waals surface area contributed by atoms with Crippen molar-refractivity contribution in [3.63, 3.8) is 0 Å². The van der Waals surface area contributed by atoms with Gasteiger partial charge in [-0.05, 0) is 104 Å². The van der Waals surface area contributed by atoms with Crippen LogP contribution in [0.1, 0.15) is 86.0 Å². The molecule has 3 unspecified atom stereocenters. The molecule has 0 aromatic rings. The zero-order chi connectivity index (χ0) is 22.0. The summed E-state index contributed by atoms with van der Waals surface area (Å²) in [6.45, 7) is 10.6. The van der Waals surface area contributed by atoms with Crippen LogP contribution in [0.4, 0.5) is 4.39 Å². The summed E-state index contributed by atoms with van der Waals surface area (Å²) in [6, 6.07) is 0. The zero-order valence-electron chi connectivity index (χ0n) is 19.7. The summed E-state index contributed by atoms with van der Waals surface area (Å²) in [6.07, 6.45) is 5.18. The van der Waals surface area contributed by atoms with Crippen molar-refractivity contribution >= 4 is 0 Å². The van der Waals surface area contributed by atoms with Crippen LogP contribution in [0, 0.1) is 52.3 Å². The van der Waals surface area contributed by atoms with Gasteiger partial charge in [-0.2, -0.15) is 0 Å². The van der Waals surface area contributed by atoms with Gasteiger partial charge in [0.15, 0.2) is 0 Å². The van der Waals surface area contributed by atoms with E-state index in [0.29, 0.717) is 30.1 Å². The van der Waals surface area contributed by atoms with E-state index in [9.17, 15) is 19.7 Å². The Bertz CT molecular complexity index is 625. The summed E-state index contributed by atoms with van der Waals surface area (Å²) in [5.74, 6) is 1.98. The van der Waals surface area contributed by atoms with Crippen molar-refractivity contribution < 1.29 is 19.7 Å². The minimum atomic E-state index is -0.811. The molecule has 4 saturated carbocycles. The summed E-state index contributed by atoms with van der Waals surface area (Å²) in [5.41, 5.74) is -0.143. The first-order valence-electron chi connectivity index (χ1n) is 12.7. The number of aliphatic hydroxyl groups excluding tert-OH is 3. The maximum absolute atomic E-state index is 13.8. The Balaban J connectivity index is 1.70. The van der Waals surface area contributed by atoms with Crippen LogP contribution in [0.2, 0.25) is 0 Å². The molecule has 30 heavy (non-hydrogen) atoms. The van der Waals surface area contributed by atoms with Gasteiger partial charge in [-0.25, -0.2) is 4.39 Å². The van der Waals surface area contributed by atoms with Crippen molar-refractivity contribution in [2.75, 3.05) is 0 Å². The van der Waals surface area contributed by atoms with Gasteiger partial charge in [0.2, 0.25) is 0 Å². The van der Waals surface area contributed by atoms with Crippen LogP contribution in [-0.2, 0) is 0 Å². The van der Waals surface area contributed by atoms with Crippen molar-refractivity contribution in [2.24, 2.45) is 52.3 Å². The Kier molecular flexibility index (Phi) is 6.12. The second-order valence-electron chi connectivity index (χ2n) is 12.2. The number of hydrogen-bond donors (Lipinski definition) is 3. The number of aliphatic hydroxyl groups is 3. The molecule has 0 bridgehead atoms. The smallest absolute Gasteiger partial charge is 0.0976 e. The molecule has 174 valence electrons. The number of rotatable bonds is 4. The zero-order valence-corrected chi connectivity index (χ0v) is 19.7. The van der Waals surface area contributed by atoms with Gasteiger partial charge in [0, 0.05) is 0 Å². The number of fused-ring (bicyclic) bond motifs is 5. The highest BCUT2D eigenvalue weighted by molar-refractivity contribution is 5.15. The van der Waals surface area contributed by atoms with Crippen molar-refractivity contribution in [3.05, 3.63) is 0 Å². The molecule has 0 radical (unpaired) electrons. The first-order valence-corrected chi connectivity index (χ1v) is 12.7. The lowest BCUT2D eigenvalue weighted by molar-refractivity contribution is -0.228. The molecule has 4 rings (SSSR count). The molecular formula is C26H45FO3. The first-order chi connectivity index (χ1) is 14.1. The standard InChI is InChI=1S/C26H45FO3/c1-6-17-20-12-16(28)9-10-25(20,4)21-13-22(29)26(5)18(14(2)11-15(3)27)7-8-19(26)23(21)24(17)30/h14-24,28-30H,6-13H2,1-5H3/t14-,15-,16-,17-,18-,19?,20+,21?,22+,23?,24-,25+,26-/m1/s1. The maximum atomic E-state index is 13.8. The highest BCUT2D eigenvalue weighted by Gasteiger charge is 2.67. The fourth-order valence-electron chi connectivity index (χ4n) is 9.57. The van der Waals surface area contributed by atoms with Gasteiger partial charge in [-0.15, -0.1) is 0 Å². The third kappa shape index (κ3) is 3.22. The first kappa shape index (κ1) is 23.0. The quantitative estimate of drug-likeness (QED) is 0.597. The van der Waals surface area contributed by atoms with Crippen LogP contribution in [0.25, 0.3) is 0 Å². The highest BCUT2D eigenvalue weighted by Crippen LogP contribution is 2.69. The fraction of sp³-hybridized carbons (Fsp3) is 1.00. The average molecular weight is 425 g/mol. The van der Waals surface area contributed by atoms with Gasteiger partial charge >= 0.3 is 0 Å². The Morgan fingerprint density at radius 2 is 1.67 bits per heavy atom. The second kappa shape index (κ2) is 7.99. The molecule has 13 atom stereocenters. The lowest BCUT2D eigenvalue weighted by Gasteiger charge is -2.65. The molecule has 0 heterocycles. The molecule has 4 fully saturated rings. The minimum Gasteiger partial charge on any atom is -0.393 e. The molecule has 0 aliphatic heterocycles. The molecule has 4 aliphatic rings. The van der Waals surface area contributed by atoms with Crippen molar-refractivity contribution in [2.45, 2.75) is 110 Å². The monoisotopic (exact) mass is 424 g/mol. The molecule has 3 nitrogen and oxygen atoms in total. The third-order valence-corrected chi connectivity index (χ3v) is 11.0. The molecule has 0 saturated heterocycles. The van der Waals surface area contributed by atoms with Gasteiger partial charge < -0.3 is 15.3 Å². The minimum absolute atomic E-state index is 0.0866. The molecule has 4 heteroatoms. The molecule has 0 spiro atoms. The number of alkyl halides is 1. The summed E-state index contributed by atoms with van der Waals surface area (Å²) in [5, 5.41) is 33.7. The molecule has 0 aromatic carbocycles. The van der Waals surface area contributed by atoms with E-state index >= 15 is 0 Å². The van der Waals surface area contributed by atoms with E-state index in [-0.39, 0.29) is 46.9 Å². The molecule has 4 aliphatic carbocycles. The van der Waals surface area contributed by atoms with E-state index in [1.54, 1.807) is 6.92 Å². The van der Waals surface area contributed by atoms with Crippen LogP contribution < -0.4 is 0 Å². The van der Waals surface area contributed by atoms with Crippen LogP contribution in [0.5, 0.6) is 0 Å². The summed E-state index contributed by atoms with van der Waals surface area (Å²) < 4.78 is 13.8. The van der Waals surface area contributed by atoms with Gasteiger partial charge in [0.05, 0.1) is 24.5 Å². The predicted molar refractivity (Wildman–Crippen MR) is 118 cm³/mol. The van der Waals surface area contributed by atoms with E-state index in [1.165, 1.54) is 0 Å². The Hall–Kier alpha value is -0.190. The van der Waals surface area contributed by atoms with Crippen LogP contribution in [-0.4, -0.2) is 39.8 Å². The largest absolute Gasteiger partial charge is 0.393 e. The fourth-order valence-corrected chi connectivity index (χ4v) is 9.57. The Morgan fingerprint density at radius 1 is 0.967 bits per heavy atom. The predicted octanol–water partition coefficient (Wildman–Crippen LogP) is 4.97. The van der Waals surface area contributed by atoms with Crippen molar-refractivity contribution in [3.8, 4) is 0 Å². The van der Waals surface area contributed by atoms with E-state index in [1.807, 2.05) is 0 Å². The normalized spacial score (nSPS) is 55.3. The molecule has 3 N–H and O–H groups in total. The van der Waals surface area contributed by atoms with E-state index in [0.717, 1.165) is 44.9 Å². The molecule has 0 aromatic heterocycles.